The van der Waals surface area contributed by atoms with E-state index in [0.29, 0.717) is 23.1 Å². The van der Waals surface area contributed by atoms with Crippen molar-refractivity contribution in [1.29, 1.82) is 0 Å². The number of pyridine rings is 1. The molecule has 2 aliphatic rings. The summed E-state index contributed by atoms with van der Waals surface area (Å²) in [6, 6.07) is 17.5. The monoisotopic (exact) mass is 528 g/mol. The van der Waals surface area contributed by atoms with Crippen molar-refractivity contribution in [3.63, 3.8) is 0 Å². The average Bonchev–Trinajstić information content (AvgIpc) is 3.49. The lowest BCUT2D eigenvalue weighted by Gasteiger charge is -2.34. The highest BCUT2D eigenvalue weighted by molar-refractivity contribution is 5.98. The highest BCUT2D eigenvalue weighted by Crippen LogP contribution is 2.37. The predicted octanol–water partition coefficient (Wildman–Crippen LogP) is 5.10. The molecule has 0 saturated carbocycles. The van der Waals surface area contributed by atoms with E-state index in [1.54, 1.807) is 19.2 Å². The molecule has 3 aromatic rings. The third-order valence-electron chi connectivity index (χ3n) is 7.10. The highest BCUT2D eigenvalue weighted by atomic mass is 16.5. The van der Waals surface area contributed by atoms with Crippen molar-refractivity contribution in [3.8, 4) is 17.4 Å². The number of rotatable bonds is 9. The number of nitrogens with one attached hydrogen (secondary N) is 2. The summed E-state index contributed by atoms with van der Waals surface area (Å²) in [5, 5.41) is 6.19. The first-order chi connectivity index (χ1) is 19.0. The molecule has 2 saturated heterocycles. The predicted molar refractivity (Wildman–Crippen MR) is 157 cm³/mol. The van der Waals surface area contributed by atoms with Crippen molar-refractivity contribution in [1.82, 2.24) is 9.88 Å². The Morgan fingerprint density at radius 2 is 1.77 bits per heavy atom. The Hall–Kier alpha value is -4.24. The van der Waals surface area contributed by atoms with E-state index in [-0.39, 0.29) is 5.91 Å². The van der Waals surface area contributed by atoms with Gasteiger partial charge in [0.1, 0.15) is 23.0 Å². The standard InChI is InChI=1S/C30H36N6O3/c1-4-29(37)31-22-8-7-9-24(20-22)39-30-26(36-14-5-6-15-36)12-13-28(33-30)32-25-11-10-23(21-27(25)38-3)35-18-16-34(2)17-19-35/h4,7-13,20-21H,1,5-6,14-19H2,2-3H3,(H,31,37)(H,32,33). The quantitative estimate of drug-likeness (QED) is 0.371. The Kier molecular flexibility index (Phi) is 8.17. The number of hydrogen-bond acceptors (Lipinski definition) is 8. The summed E-state index contributed by atoms with van der Waals surface area (Å²) in [5.74, 6) is 2.21. The van der Waals surface area contributed by atoms with E-state index in [4.69, 9.17) is 14.5 Å². The fourth-order valence-electron chi connectivity index (χ4n) is 4.90. The van der Waals surface area contributed by atoms with Crippen LogP contribution >= 0.6 is 0 Å². The molecule has 0 aliphatic carbocycles. The van der Waals surface area contributed by atoms with Crippen LogP contribution in [0.15, 0.2) is 67.3 Å². The lowest BCUT2D eigenvalue weighted by atomic mass is 10.2. The number of benzene rings is 2. The fraction of sp³-hybridized carbons (Fsp3) is 0.333. The number of piperazine rings is 1. The number of hydrogen-bond donors (Lipinski definition) is 2. The van der Waals surface area contributed by atoms with Crippen molar-refractivity contribution in [3.05, 3.63) is 67.3 Å². The van der Waals surface area contributed by atoms with E-state index < -0.39 is 0 Å². The summed E-state index contributed by atoms with van der Waals surface area (Å²) < 4.78 is 12.1. The maximum Gasteiger partial charge on any atom is 0.247 e. The van der Waals surface area contributed by atoms with Gasteiger partial charge in [-0.2, -0.15) is 4.98 Å². The second-order valence-electron chi connectivity index (χ2n) is 9.84. The van der Waals surface area contributed by atoms with Crippen LogP contribution < -0.4 is 29.9 Å². The number of aromatic nitrogens is 1. The van der Waals surface area contributed by atoms with Crippen LogP contribution in [-0.2, 0) is 4.79 Å². The van der Waals surface area contributed by atoms with Gasteiger partial charge in [0.15, 0.2) is 0 Å². The van der Waals surface area contributed by atoms with Crippen LogP contribution in [0.25, 0.3) is 0 Å². The van der Waals surface area contributed by atoms with Crippen LogP contribution in [-0.4, -0.2) is 69.2 Å². The Bertz CT molecular complexity index is 1320. The number of methoxy groups -OCH3 is 1. The van der Waals surface area contributed by atoms with Gasteiger partial charge in [0.25, 0.3) is 0 Å². The van der Waals surface area contributed by atoms with Crippen LogP contribution in [0.2, 0.25) is 0 Å². The minimum absolute atomic E-state index is 0.276. The Morgan fingerprint density at radius 3 is 2.51 bits per heavy atom. The van der Waals surface area contributed by atoms with Crippen molar-refractivity contribution >= 4 is 34.5 Å². The van der Waals surface area contributed by atoms with Crippen molar-refractivity contribution < 1.29 is 14.3 Å². The summed E-state index contributed by atoms with van der Waals surface area (Å²) in [6.07, 6.45) is 3.51. The molecule has 39 heavy (non-hydrogen) atoms. The van der Waals surface area contributed by atoms with Crippen molar-refractivity contribution in [2.24, 2.45) is 0 Å². The summed E-state index contributed by atoms with van der Waals surface area (Å²) in [4.78, 5) is 23.6. The zero-order valence-corrected chi connectivity index (χ0v) is 22.7. The topological polar surface area (TPSA) is 82.2 Å². The van der Waals surface area contributed by atoms with Gasteiger partial charge in [-0.15, -0.1) is 0 Å². The molecule has 0 bridgehead atoms. The number of anilines is 5. The Morgan fingerprint density at radius 1 is 0.974 bits per heavy atom. The second kappa shape index (κ2) is 12.1. The fourth-order valence-corrected chi connectivity index (χ4v) is 4.90. The van der Waals surface area contributed by atoms with Gasteiger partial charge < -0.3 is 34.8 Å². The lowest BCUT2D eigenvalue weighted by Crippen LogP contribution is -2.44. The van der Waals surface area contributed by atoms with E-state index >= 15 is 0 Å². The van der Waals surface area contributed by atoms with Crippen LogP contribution in [0.5, 0.6) is 17.4 Å². The van der Waals surface area contributed by atoms with E-state index in [0.717, 1.165) is 74.9 Å². The van der Waals surface area contributed by atoms with Gasteiger partial charge in [-0.3, -0.25) is 4.79 Å². The maximum atomic E-state index is 11.8. The number of carbonyl (C=O) groups excluding carboxylic acids is 1. The normalized spacial score (nSPS) is 15.6. The molecule has 0 atom stereocenters. The van der Waals surface area contributed by atoms with E-state index in [1.165, 1.54) is 6.08 Å². The first kappa shape index (κ1) is 26.4. The number of carbonyl (C=O) groups is 1. The van der Waals surface area contributed by atoms with Gasteiger partial charge in [-0.1, -0.05) is 12.6 Å². The lowest BCUT2D eigenvalue weighted by molar-refractivity contribution is -0.111. The molecule has 2 aromatic carbocycles. The van der Waals surface area contributed by atoms with E-state index in [1.807, 2.05) is 30.3 Å². The molecule has 1 aromatic heterocycles. The molecular weight excluding hydrogens is 492 g/mol. The SMILES string of the molecule is C=CC(=O)Nc1cccc(Oc2nc(Nc3ccc(N4CCN(C)CC4)cc3OC)ccc2N2CCCC2)c1. The smallest absolute Gasteiger partial charge is 0.247 e. The number of amides is 1. The van der Waals surface area contributed by atoms with Crippen LogP contribution in [0.4, 0.5) is 28.6 Å². The molecule has 2 fully saturated rings. The molecule has 5 rings (SSSR count). The highest BCUT2D eigenvalue weighted by Gasteiger charge is 2.20. The molecule has 2 N–H and O–H groups in total. The Balaban J connectivity index is 1.39. The minimum Gasteiger partial charge on any atom is -0.494 e. The van der Waals surface area contributed by atoms with Gasteiger partial charge in [0.05, 0.1) is 12.8 Å². The van der Waals surface area contributed by atoms with E-state index in [2.05, 4.69) is 51.1 Å². The van der Waals surface area contributed by atoms with Crippen molar-refractivity contribution in [2.75, 3.05) is 73.9 Å². The number of nitrogens with zero attached hydrogens (tertiary/aromatic N) is 4. The second-order valence-corrected chi connectivity index (χ2v) is 9.84. The third-order valence-corrected chi connectivity index (χ3v) is 7.10. The Labute approximate surface area is 230 Å². The van der Waals surface area contributed by atoms with Gasteiger partial charge in [-0.05, 0) is 62.4 Å². The summed E-state index contributed by atoms with van der Waals surface area (Å²) >= 11 is 0. The molecule has 0 radical (unpaired) electrons. The van der Waals surface area contributed by atoms with Gasteiger partial charge in [0.2, 0.25) is 11.8 Å². The zero-order valence-electron chi connectivity index (χ0n) is 22.7. The molecule has 0 spiro atoms. The van der Waals surface area contributed by atoms with Crippen LogP contribution in [0, 0.1) is 0 Å². The molecule has 9 heteroatoms. The first-order valence-electron chi connectivity index (χ1n) is 13.4. The summed E-state index contributed by atoms with van der Waals surface area (Å²) in [7, 11) is 3.84. The number of likely N-dealkylation sites (N-methyl/N-ethyl adjacent to an activating group) is 1. The molecular formula is C30H36N6O3. The molecule has 3 heterocycles. The third kappa shape index (κ3) is 6.43. The molecule has 0 unspecified atom stereocenters. The summed E-state index contributed by atoms with van der Waals surface area (Å²) in [6.45, 7) is 9.50. The van der Waals surface area contributed by atoms with Crippen LogP contribution in [0.1, 0.15) is 12.8 Å². The minimum atomic E-state index is -0.276. The first-order valence-corrected chi connectivity index (χ1v) is 13.4. The zero-order chi connectivity index (χ0) is 27.2. The largest absolute Gasteiger partial charge is 0.494 e. The van der Waals surface area contributed by atoms with Crippen molar-refractivity contribution in [2.45, 2.75) is 12.8 Å². The van der Waals surface area contributed by atoms with Gasteiger partial charge >= 0.3 is 0 Å². The number of ether oxygens (including phenoxy) is 2. The molecule has 1 amide bonds. The average molecular weight is 529 g/mol. The van der Waals surface area contributed by atoms with Gasteiger partial charge in [0, 0.05) is 62.8 Å². The van der Waals surface area contributed by atoms with E-state index in [9.17, 15) is 4.79 Å². The maximum absolute atomic E-state index is 11.8. The summed E-state index contributed by atoms with van der Waals surface area (Å²) in [5.41, 5.74) is 3.54. The van der Waals surface area contributed by atoms with Gasteiger partial charge in [-0.25, -0.2) is 0 Å². The molecule has 2 aliphatic heterocycles. The molecule has 9 nitrogen and oxygen atoms in total. The van der Waals surface area contributed by atoms with Crippen LogP contribution in [0.3, 0.4) is 0 Å². The molecule has 204 valence electrons.